The zero-order valence-electron chi connectivity index (χ0n) is 53.7. The molecule has 548 valence electrons. The maximum absolute atomic E-state index is 14.8. The van der Waals surface area contributed by atoms with E-state index in [1.165, 1.54) is 76.5 Å². The lowest BCUT2D eigenvalue weighted by atomic mass is 10.1. The van der Waals surface area contributed by atoms with Gasteiger partial charge in [0.25, 0.3) is 18.9 Å². The van der Waals surface area contributed by atoms with E-state index in [9.17, 15) is 48.1 Å². The molecule has 10 heterocycles. The van der Waals surface area contributed by atoms with Crippen LogP contribution in [0.15, 0.2) is 50.6 Å². The molecular formula is C52H74N15O28P3S-2. The van der Waals surface area contributed by atoms with E-state index in [1.807, 2.05) is 0 Å². The molecule has 0 amide bonds. The number of rotatable bonds is 36. The van der Waals surface area contributed by atoms with Crippen molar-refractivity contribution in [3.63, 3.8) is 0 Å². The van der Waals surface area contributed by atoms with Crippen molar-refractivity contribution in [3.05, 3.63) is 84.2 Å². The van der Waals surface area contributed by atoms with Gasteiger partial charge in [-0.1, -0.05) is 11.8 Å². The number of phosphoric ester groups is 2. The summed E-state index contributed by atoms with van der Waals surface area (Å²) in [5.41, 5.74) is 15.2. The van der Waals surface area contributed by atoms with E-state index in [1.54, 1.807) is 0 Å². The van der Waals surface area contributed by atoms with Gasteiger partial charge in [-0.2, -0.15) is 9.97 Å². The van der Waals surface area contributed by atoms with Crippen LogP contribution in [0, 0.1) is 13.8 Å². The number of nitrogens with one attached hydrogen (secondary N) is 2. The van der Waals surface area contributed by atoms with Crippen molar-refractivity contribution in [1.82, 2.24) is 58.1 Å². The Labute approximate surface area is 564 Å². The highest BCUT2D eigenvalue weighted by molar-refractivity contribution is 8.06. The fourth-order valence-electron chi connectivity index (χ4n) is 11.2. The van der Waals surface area contributed by atoms with Crippen molar-refractivity contribution in [3.8, 4) is 0 Å². The summed E-state index contributed by atoms with van der Waals surface area (Å²) in [5, 5.41) is 10.7. The number of hydrogen-bond donors (Lipinski definition) is 7. The van der Waals surface area contributed by atoms with E-state index in [0.717, 1.165) is 15.5 Å². The fourth-order valence-corrected chi connectivity index (χ4v) is 14.5. The van der Waals surface area contributed by atoms with Crippen LogP contribution in [-0.2, 0) is 105 Å². The summed E-state index contributed by atoms with van der Waals surface area (Å²) in [6.45, 7) is -6.28. The quantitative estimate of drug-likeness (QED) is 0.0149. The molecule has 0 aromatic carbocycles. The summed E-state index contributed by atoms with van der Waals surface area (Å²) >= 11 is 5.46. The van der Waals surface area contributed by atoms with Gasteiger partial charge >= 0.3 is 19.2 Å². The second kappa shape index (κ2) is 33.0. The second-order valence-corrected chi connectivity index (χ2v) is 27.9. The summed E-state index contributed by atoms with van der Waals surface area (Å²) in [5.74, 6) is -0.496. The van der Waals surface area contributed by atoms with E-state index < -0.39 is 163 Å². The topological polar surface area (TPSA) is 562 Å². The Bertz CT molecular complexity index is 4150. The van der Waals surface area contributed by atoms with E-state index in [2.05, 4.69) is 39.9 Å². The summed E-state index contributed by atoms with van der Waals surface area (Å²) in [6.07, 6.45) is -16.4. The van der Waals surface area contributed by atoms with Crippen molar-refractivity contribution >= 4 is 74.1 Å². The number of aromatic nitrogens is 12. The second-order valence-electron chi connectivity index (χ2n) is 22.4. The van der Waals surface area contributed by atoms with Gasteiger partial charge in [0.15, 0.2) is 47.5 Å². The number of aliphatic hydroxyl groups excluding tert-OH is 1. The lowest BCUT2D eigenvalue weighted by Crippen LogP contribution is -2.41. The maximum atomic E-state index is 14.8. The molecule has 47 heteroatoms. The van der Waals surface area contributed by atoms with Crippen LogP contribution in [0.2, 0.25) is 0 Å². The largest absolute Gasteiger partial charge is 0.780 e. The lowest BCUT2D eigenvalue weighted by Gasteiger charge is -2.35. The third kappa shape index (κ3) is 17.8. The molecule has 10 rings (SSSR count). The van der Waals surface area contributed by atoms with Gasteiger partial charge in [0.2, 0.25) is 5.95 Å². The SMILES string of the molecule is COCCOC1C[C@@H](COP(=O)([O-])O[C@@H]2C(OCCOC)[C@H](n3cnc4c(N)ncnc43)O[C@@H]2COP(=O)(O)O[C@@H]2C(OCCOC)[C@H](n3cc(C)c(N)nc3=O)O[C@@H]2COP([O-])(=S)O[C@@H]2C(OCCOC)[C@H](n3cnc4c(=O)[nH]c(N)nc43)O[C@@H]2CO)O[C@H]1n1cc(C)c(=O)[nH]c1=O. The molecule has 43 nitrogen and oxygen atoms in total. The van der Waals surface area contributed by atoms with Crippen molar-refractivity contribution in [1.29, 1.82) is 0 Å². The molecule has 4 saturated heterocycles. The normalized spacial score (nSPS) is 28.3. The minimum atomic E-state index is -5.69. The van der Waals surface area contributed by atoms with Gasteiger partial charge in [-0.15, -0.1) is 0 Å². The highest BCUT2D eigenvalue weighted by Crippen LogP contribution is 2.53. The van der Waals surface area contributed by atoms with Gasteiger partial charge in [0, 0.05) is 58.4 Å². The summed E-state index contributed by atoms with van der Waals surface area (Å²) in [4.78, 5) is 122. The summed E-state index contributed by atoms with van der Waals surface area (Å²) < 4.78 is 139. The molecule has 18 atom stereocenters. The first kappa shape index (κ1) is 75.7. The number of ether oxygens (including phenoxy) is 12. The molecule has 6 aromatic heterocycles. The number of hydrogen-bond acceptors (Lipinski definition) is 37. The van der Waals surface area contributed by atoms with E-state index in [-0.39, 0.29) is 110 Å². The van der Waals surface area contributed by atoms with Crippen LogP contribution in [0.1, 0.15) is 42.5 Å². The Hall–Kier alpha value is -5.91. The van der Waals surface area contributed by atoms with Crippen LogP contribution in [0.3, 0.4) is 0 Å². The highest BCUT2D eigenvalue weighted by atomic mass is 32.5. The summed E-state index contributed by atoms with van der Waals surface area (Å²) in [6, 6.07) is 0. The number of nitrogen functional groups attached to an aromatic ring is 3. The number of imidazole rings is 2. The Balaban J connectivity index is 0.932. The van der Waals surface area contributed by atoms with E-state index in [4.69, 9.17) is 113 Å². The number of aromatic amines is 2. The Kier molecular flexibility index (Phi) is 25.3. The van der Waals surface area contributed by atoms with Gasteiger partial charge in [0.05, 0.1) is 98.0 Å². The van der Waals surface area contributed by atoms with Crippen molar-refractivity contribution in [2.24, 2.45) is 0 Å². The standard InChI is InChI=1S/C52H76N15O28P3S/c1-25-16-65(51(71)60-40(25)53)47-38(84-13-9-80-5)36(31(91-47)21-88-98(77,99)95-34-29(18-68)90-49(37(34)83-12-8-79-4)67-24-59-33-43(67)61-50(55)62-45(33)70)94-97(75,76)87-20-30-35(39(85-14-10-81-6)48(92-30)66-23-58-32-41(54)56-22-57-42(32)66)93-96(73,74)86-19-27-15-28(82-11-7-78-3)46(89-27)64-17-26(2)44(69)63-52(64)72/h16-17,22-24,27-31,34-39,46-49,68H,7-15,18-21H2,1-6H3,(H,73,74)(H,75,76)(H,77,99)(H2,53,60,71)(H2,54,56,57)(H,63,69,72)(H3,55,61,62,70)/p-2/t27-,28?,29+,30+,31+,34-,35-,36-,37?,38?,39?,46+,47+,48+,49+,98?/m0/s1. The number of methoxy groups -OCH3 is 4. The van der Waals surface area contributed by atoms with Crippen molar-refractivity contribution in [2.45, 2.75) is 112 Å². The summed E-state index contributed by atoms with van der Waals surface area (Å²) in [7, 11) is -5.79. The average molecular weight is 1480 g/mol. The van der Waals surface area contributed by atoms with Crippen LogP contribution < -0.4 is 49.5 Å². The lowest BCUT2D eigenvalue weighted by molar-refractivity contribution is -0.236. The van der Waals surface area contributed by atoms with Gasteiger partial charge < -0.3 is 112 Å². The van der Waals surface area contributed by atoms with Crippen LogP contribution in [-0.4, -0.2) is 243 Å². The number of nitrogens with zero attached hydrogens (tertiary/aromatic N) is 10. The molecule has 0 bridgehead atoms. The molecule has 7 unspecified atom stereocenters. The van der Waals surface area contributed by atoms with Crippen LogP contribution in [0.4, 0.5) is 17.6 Å². The van der Waals surface area contributed by atoms with Gasteiger partial charge in [-0.3, -0.25) is 51.4 Å². The van der Waals surface area contributed by atoms with Gasteiger partial charge in [0.1, 0.15) is 85.4 Å². The first-order chi connectivity index (χ1) is 47.3. The first-order valence-corrected chi connectivity index (χ1v) is 35.7. The molecule has 4 aliphatic heterocycles. The average Bonchev–Trinajstić information content (AvgIpc) is 1.63. The number of aliphatic hydroxyl groups is 1. The van der Waals surface area contributed by atoms with Crippen LogP contribution in [0.5, 0.6) is 0 Å². The van der Waals surface area contributed by atoms with E-state index in [0.29, 0.717) is 0 Å². The molecule has 6 aromatic rings. The molecule has 0 radical (unpaired) electrons. The predicted molar refractivity (Wildman–Crippen MR) is 334 cm³/mol. The molecule has 0 saturated carbocycles. The highest BCUT2D eigenvalue weighted by Gasteiger charge is 2.55. The Morgan fingerprint density at radius 1 is 0.586 bits per heavy atom. The Morgan fingerprint density at radius 3 is 1.75 bits per heavy atom. The molecule has 4 aliphatic rings. The molecule has 4 fully saturated rings. The van der Waals surface area contributed by atoms with Gasteiger partial charge in [-0.05, 0) is 13.8 Å². The molecular weight excluding hydrogens is 1410 g/mol. The Morgan fingerprint density at radius 2 is 1.13 bits per heavy atom. The third-order valence-electron chi connectivity index (χ3n) is 15.8. The molecule has 10 N–H and O–H groups in total. The number of anilines is 3. The van der Waals surface area contributed by atoms with E-state index >= 15 is 0 Å². The third-order valence-corrected chi connectivity index (χ3v) is 19.3. The fraction of sp³-hybridized carbons (Fsp3) is 0.654. The zero-order valence-corrected chi connectivity index (χ0v) is 57.2. The monoisotopic (exact) mass is 1480 g/mol. The molecule has 99 heavy (non-hydrogen) atoms. The number of H-pyrrole nitrogens is 2. The van der Waals surface area contributed by atoms with Crippen molar-refractivity contribution < 1.29 is 113 Å². The predicted octanol–water partition coefficient (Wildman–Crippen LogP) is -3.41. The number of fused-ring (bicyclic) bond motifs is 2. The number of aryl methyl sites for hydroxylation is 2. The van der Waals surface area contributed by atoms with Crippen LogP contribution in [0.25, 0.3) is 22.3 Å². The minimum Gasteiger partial charge on any atom is -0.780 e. The smallest absolute Gasteiger partial charge is 0.472 e. The van der Waals surface area contributed by atoms with Crippen molar-refractivity contribution in [2.75, 3.05) is 125 Å². The van der Waals surface area contributed by atoms with Crippen LogP contribution >= 0.6 is 22.4 Å². The molecule has 0 spiro atoms. The van der Waals surface area contributed by atoms with Gasteiger partial charge in [-0.25, -0.2) is 34.1 Å². The minimum absolute atomic E-state index is 0.00948. The number of phosphoric acid groups is 2. The number of nitrogens with two attached hydrogens (primary N) is 3. The first-order valence-electron chi connectivity index (χ1n) is 30.2. The zero-order chi connectivity index (χ0) is 71.1. The molecule has 0 aliphatic carbocycles. The maximum Gasteiger partial charge on any atom is 0.472 e.